The number of aryl methyl sites for hydroxylation is 1. The molecule has 0 saturated carbocycles. The summed E-state index contributed by atoms with van der Waals surface area (Å²) in [6.45, 7) is 3.33. The molecule has 2 aromatic carbocycles. The molecular formula is C22H21ClN4O3. The van der Waals surface area contributed by atoms with Gasteiger partial charge in [-0.1, -0.05) is 48.4 Å². The maximum absolute atomic E-state index is 12.8. The minimum Gasteiger partial charge on any atom is -0.324 e. The van der Waals surface area contributed by atoms with Gasteiger partial charge in [0.1, 0.15) is 12.2 Å². The number of anilines is 2. The van der Waals surface area contributed by atoms with Crippen LogP contribution in [0, 0.1) is 6.92 Å². The lowest BCUT2D eigenvalue weighted by molar-refractivity contribution is -0.117. The van der Waals surface area contributed by atoms with E-state index in [0.717, 1.165) is 10.2 Å². The predicted octanol–water partition coefficient (Wildman–Crippen LogP) is 3.86. The highest BCUT2D eigenvalue weighted by Crippen LogP contribution is 2.21. The van der Waals surface area contributed by atoms with Crippen LogP contribution in [0.4, 0.5) is 11.4 Å². The Balaban J connectivity index is 1.93. The zero-order valence-corrected chi connectivity index (χ0v) is 17.4. The zero-order chi connectivity index (χ0) is 21.7. The second-order valence-corrected chi connectivity index (χ2v) is 7.17. The van der Waals surface area contributed by atoms with Crippen molar-refractivity contribution in [3.63, 3.8) is 0 Å². The van der Waals surface area contributed by atoms with Crippen molar-refractivity contribution in [3.8, 4) is 11.3 Å². The molecule has 3 aromatic rings. The first-order chi connectivity index (χ1) is 14.4. The van der Waals surface area contributed by atoms with E-state index >= 15 is 0 Å². The van der Waals surface area contributed by atoms with Crippen molar-refractivity contribution in [3.05, 3.63) is 75.5 Å². The largest absolute Gasteiger partial charge is 0.324 e. The van der Waals surface area contributed by atoms with E-state index in [1.54, 1.807) is 43.3 Å². The Morgan fingerprint density at radius 3 is 2.30 bits per heavy atom. The molecular weight excluding hydrogens is 404 g/mol. The average molecular weight is 425 g/mol. The van der Waals surface area contributed by atoms with Gasteiger partial charge in [-0.2, -0.15) is 5.10 Å². The third kappa shape index (κ3) is 5.33. The van der Waals surface area contributed by atoms with Crippen LogP contribution in [0.15, 0.2) is 59.4 Å². The van der Waals surface area contributed by atoms with Crippen LogP contribution in [0.3, 0.4) is 0 Å². The summed E-state index contributed by atoms with van der Waals surface area (Å²) < 4.78 is 1.04. The van der Waals surface area contributed by atoms with E-state index < -0.39 is 11.5 Å². The first-order valence-electron chi connectivity index (χ1n) is 9.40. The van der Waals surface area contributed by atoms with Crippen LogP contribution >= 0.6 is 11.6 Å². The quantitative estimate of drug-likeness (QED) is 0.628. The van der Waals surface area contributed by atoms with Gasteiger partial charge < -0.3 is 10.6 Å². The predicted molar refractivity (Wildman–Crippen MR) is 118 cm³/mol. The second kappa shape index (κ2) is 9.37. The van der Waals surface area contributed by atoms with Crippen LogP contribution in [0.2, 0.25) is 5.02 Å². The van der Waals surface area contributed by atoms with Gasteiger partial charge in [0.05, 0.1) is 5.69 Å². The van der Waals surface area contributed by atoms with Crippen molar-refractivity contribution in [2.45, 2.75) is 26.8 Å². The van der Waals surface area contributed by atoms with Gasteiger partial charge in [0.2, 0.25) is 11.8 Å². The number of amides is 2. The van der Waals surface area contributed by atoms with Crippen LogP contribution in [0.5, 0.6) is 0 Å². The van der Waals surface area contributed by atoms with Crippen LogP contribution in [-0.4, -0.2) is 21.6 Å². The Morgan fingerprint density at radius 2 is 1.67 bits per heavy atom. The molecule has 0 bridgehead atoms. The maximum atomic E-state index is 12.8. The molecule has 154 valence electrons. The third-order valence-electron chi connectivity index (χ3n) is 4.34. The molecule has 0 aliphatic carbocycles. The van der Waals surface area contributed by atoms with Gasteiger partial charge in [0.15, 0.2) is 0 Å². The normalized spacial score (nSPS) is 10.5. The summed E-state index contributed by atoms with van der Waals surface area (Å²) in [5.74, 6) is -0.717. The molecule has 2 N–H and O–H groups in total. The molecule has 0 spiro atoms. The molecule has 8 heteroatoms. The van der Waals surface area contributed by atoms with Crippen LogP contribution in [0.25, 0.3) is 11.3 Å². The number of halogens is 1. The zero-order valence-electron chi connectivity index (χ0n) is 16.6. The Morgan fingerprint density at radius 1 is 1.00 bits per heavy atom. The number of rotatable bonds is 6. The fourth-order valence-corrected chi connectivity index (χ4v) is 2.84. The molecule has 7 nitrogen and oxygen atoms in total. The lowest BCUT2D eigenvalue weighted by Crippen LogP contribution is -2.32. The molecule has 30 heavy (non-hydrogen) atoms. The van der Waals surface area contributed by atoms with Crippen molar-refractivity contribution >= 4 is 34.8 Å². The summed E-state index contributed by atoms with van der Waals surface area (Å²) in [6, 6.07) is 15.7. The van der Waals surface area contributed by atoms with Crippen LogP contribution in [0.1, 0.15) is 18.9 Å². The van der Waals surface area contributed by atoms with Gasteiger partial charge in [0, 0.05) is 22.7 Å². The molecule has 1 aromatic heterocycles. The van der Waals surface area contributed by atoms with Crippen LogP contribution in [-0.2, 0) is 16.1 Å². The smallest absolute Gasteiger partial charge is 0.291 e. The van der Waals surface area contributed by atoms with E-state index in [2.05, 4.69) is 15.7 Å². The van der Waals surface area contributed by atoms with E-state index in [1.165, 1.54) is 6.07 Å². The van der Waals surface area contributed by atoms with Gasteiger partial charge in [-0.25, -0.2) is 4.68 Å². The van der Waals surface area contributed by atoms with Crippen molar-refractivity contribution in [1.82, 2.24) is 9.78 Å². The molecule has 0 aliphatic heterocycles. The summed E-state index contributed by atoms with van der Waals surface area (Å²) >= 11 is 5.94. The fraction of sp³-hybridized carbons (Fsp3) is 0.182. The molecule has 0 radical (unpaired) electrons. The number of carbonyl (C=O) groups excluding carboxylic acids is 2. The standard InChI is InChI=1S/C22H21ClN4O3/c1-3-20(28)25-19-12-18(15-6-8-16(23)9-7-15)26-27(22(19)30)13-21(29)24-17-10-4-14(2)5-11-17/h4-12H,3,13H2,1-2H3,(H,24,29)(H,25,28). The Labute approximate surface area is 178 Å². The Bertz CT molecular complexity index is 1120. The monoisotopic (exact) mass is 424 g/mol. The number of hydrogen-bond donors (Lipinski definition) is 2. The van der Waals surface area contributed by atoms with Crippen molar-refractivity contribution < 1.29 is 9.59 Å². The third-order valence-corrected chi connectivity index (χ3v) is 4.59. The number of nitrogens with one attached hydrogen (secondary N) is 2. The lowest BCUT2D eigenvalue weighted by atomic mass is 10.1. The minimum absolute atomic E-state index is 0.0601. The number of carbonyl (C=O) groups is 2. The SMILES string of the molecule is CCC(=O)Nc1cc(-c2ccc(Cl)cc2)nn(CC(=O)Nc2ccc(C)cc2)c1=O. The highest BCUT2D eigenvalue weighted by atomic mass is 35.5. The van der Waals surface area contributed by atoms with E-state index in [4.69, 9.17) is 11.6 Å². The average Bonchev–Trinajstić information content (AvgIpc) is 2.73. The van der Waals surface area contributed by atoms with E-state index in [1.807, 2.05) is 19.1 Å². The minimum atomic E-state index is -0.562. The van der Waals surface area contributed by atoms with Gasteiger partial charge in [-0.15, -0.1) is 0 Å². The molecule has 2 amide bonds. The first-order valence-corrected chi connectivity index (χ1v) is 9.78. The van der Waals surface area contributed by atoms with Crippen molar-refractivity contribution in [2.75, 3.05) is 10.6 Å². The van der Waals surface area contributed by atoms with Gasteiger partial charge in [0.25, 0.3) is 5.56 Å². The maximum Gasteiger partial charge on any atom is 0.291 e. The summed E-state index contributed by atoms with van der Waals surface area (Å²) in [4.78, 5) is 37.1. The molecule has 1 heterocycles. The molecule has 0 atom stereocenters. The van der Waals surface area contributed by atoms with E-state index in [-0.39, 0.29) is 24.6 Å². The molecule has 0 saturated heterocycles. The lowest BCUT2D eigenvalue weighted by Gasteiger charge is -2.12. The number of nitrogens with zero attached hydrogens (tertiary/aromatic N) is 2. The first kappa shape index (κ1) is 21.3. The summed E-state index contributed by atoms with van der Waals surface area (Å²) in [6.07, 6.45) is 0.214. The van der Waals surface area contributed by atoms with Gasteiger partial charge in [-0.05, 0) is 37.3 Å². The van der Waals surface area contributed by atoms with Crippen molar-refractivity contribution in [2.24, 2.45) is 0 Å². The fourth-order valence-electron chi connectivity index (χ4n) is 2.71. The Hall–Kier alpha value is -3.45. The number of aromatic nitrogens is 2. The van der Waals surface area contributed by atoms with Gasteiger partial charge >= 0.3 is 0 Å². The van der Waals surface area contributed by atoms with E-state index in [0.29, 0.717) is 22.0 Å². The van der Waals surface area contributed by atoms with E-state index in [9.17, 15) is 14.4 Å². The molecule has 0 aliphatic rings. The molecule has 0 unspecified atom stereocenters. The molecule has 0 fully saturated rings. The number of benzene rings is 2. The van der Waals surface area contributed by atoms with Crippen molar-refractivity contribution in [1.29, 1.82) is 0 Å². The number of hydrogen-bond acceptors (Lipinski definition) is 4. The second-order valence-electron chi connectivity index (χ2n) is 6.73. The summed E-state index contributed by atoms with van der Waals surface area (Å²) in [5.41, 5.74) is 2.31. The highest BCUT2D eigenvalue weighted by Gasteiger charge is 2.14. The highest BCUT2D eigenvalue weighted by molar-refractivity contribution is 6.30. The van der Waals surface area contributed by atoms with Crippen LogP contribution < -0.4 is 16.2 Å². The van der Waals surface area contributed by atoms with Gasteiger partial charge in [-0.3, -0.25) is 14.4 Å². The Kier molecular flexibility index (Phi) is 6.64. The summed E-state index contributed by atoms with van der Waals surface area (Å²) in [5, 5.41) is 10.2. The molecule has 3 rings (SSSR count). The summed E-state index contributed by atoms with van der Waals surface area (Å²) in [7, 11) is 0. The topological polar surface area (TPSA) is 93.1 Å².